The molecule has 0 amide bonds. The van der Waals surface area contributed by atoms with E-state index in [0.717, 1.165) is 12.1 Å². The number of ketones is 1. The maximum absolute atomic E-state index is 12.2. The summed E-state index contributed by atoms with van der Waals surface area (Å²) in [7, 11) is 0. The molecule has 0 saturated carbocycles. The van der Waals surface area contributed by atoms with E-state index in [4.69, 9.17) is 0 Å². The third kappa shape index (κ3) is 3.57. The van der Waals surface area contributed by atoms with Gasteiger partial charge in [0, 0.05) is 12.3 Å². The standard InChI is InChI=1S/C13H7F3N2O4/c14-13(15,16)22-8-4-5-11(18(20)21)9(7-8)12(19)10-3-1-2-6-17-10/h1-7H. The van der Waals surface area contributed by atoms with Crippen LogP contribution in [-0.2, 0) is 0 Å². The number of hydrogen-bond acceptors (Lipinski definition) is 5. The molecule has 1 heterocycles. The van der Waals surface area contributed by atoms with Crippen LogP contribution in [0.1, 0.15) is 16.1 Å². The molecule has 0 atom stereocenters. The fraction of sp³-hybridized carbons (Fsp3) is 0.0769. The number of nitro benzene ring substituents is 1. The van der Waals surface area contributed by atoms with E-state index in [9.17, 15) is 28.1 Å². The highest BCUT2D eigenvalue weighted by Gasteiger charge is 2.32. The van der Waals surface area contributed by atoms with E-state index in [1.165, 1.54) is 24.4 Å². The molecule has 0 bridgehead atoms. The van der Waals surface area contributed by atoms with Gasteiger partial charge in [-0.1, -0.05) is 6.07 Å². The number of carbonyl (C=O) groups excluding carboxylic acids is 1. The first-order chi connectivity index (χ1) is 10.3. The number of rotatable bonds is 4. The van der Waals surface area contributed by atoms with Crippen LogP contribution in [-0.4, -0.2) is 22.1 Å². The van der Waals surface area contributed by atoms with Crippen LogP contribution < -0.4 is 4.74 Å². The summed E-state index contributed by atoms with van der Waals surface area (Å²) in [6.45, 7) is 0. The normalized spacial score (nSPS) is 11.0. The minimum Gasteiger partial charge on any atom is -0.406 e. The van der Waals surface area contributed by atoms with Crippen LogP contribution in [0, 0.1) is 10.1 Å². The topological polar surface area (TPSA) is 82.3 Å². The lowest BCUT2D eigenvalue weighted by Gasteiger charge is -2.10. The van der Waals surface area contributed by atoms with Crippen LogP contribution in [0.25, 0.3) is 0 Å². The van der Waals surface area contributed by atoms with Gasteiger partial charge in [-0.3, -0.25) is 19.9 Å². The van der Waals surface area contributed by atoms with E-state index in [1.54, 1.807) is 0 Å². The Morgan fingerprint density at radius 3 is 2.50 bits per heavy atom. The number of ether oxygens (including phenoxy) is 1. The Morgan fingerprint density at radius 2 is 1.95 bits per heavy atom. The summed E-state index contributed by atoms with van der Waals surface area (Å²) in [6.07, 6.45) is -3.68. The Balaban J connectivity index is 2.49. The Hall–Kier alpha value is -2.97. The molecule has 0 radical (unpaired) electrons. The van der Waals surface area contributed by atoms with Gasteiger partial charge in [0.05, 0.1) is 4.92 Å². The van der Waals surface area contributed by atoms with E-state index in [1.807, 2.05) is 0 Å². The summed E-state index contributed by atoms with van der Waals surface area (Å²) in [4.78, 5) is 26.0. The third-order valence-corrected chi connectivity index (χ3v) is 2.54. The maximum Gasteiger partial charge on any atom is 0.573 e. The second-order valence-corrected chi connectivity index (χ2v) is 4.03. The highest BCUT2D eigenvalue weighted by molar-refractivity contribution is 6.10. The first-order valence-corrected chi connectivity index (χ1v) is 5.78. The highest BCUT2D eigenvalue weighted by atomic mass is 19.4. The van der Waals surface area contributed by atoms with Gasteiger partial charge in [0.25, 0.3) is 5.69 Å². The Kier molecular flexibility index (Phi) is 4.06. The van der Waals surface area contributed by atoms with Crippen LogP contribution in [0.5, 0.6) is 5.75 Å². The number of benzene rings is 1. The summed E-state index contributed by atoms with van der Waals surface area (Å²) in [5, 5.41) is 10.9. The van der Waals surface area contributed by atoms with E-state index in [2.05, 4.69) is 9.72 Å². The van der Waals surface area contributed by atoms with Gasteiger partial charge in [0.1, 0.15) is 17.0 Å². The molecule has 0 spiro atoms. The first kappa shape index (κ1) is 15.4. The van der Waals surface area contributed by atoms with Crippen molar-refractivity contribution in [3.05, 3.63) is 64.0 Å². The predicted molar refractivity (Wildman–Crippen MR) is 67.4 cm³/mol. The van der Waals surface area contributed by atoms with E-state index < -0.39 is 34.1 Å². The smallest absolute Gasteiger partial charge is 0.406 e. The van der Waals surface area contributed by atoms with Crippen LogP contribution >= 0.6 is 0 Å². The average molecular weight is 312 g/mol. The Bertz CT molecular complexity index is 717. The molecule has 0 unspecified atom stereocenters. The van der Waals surface area contributed by atoms with Crippen molar-refractivity contribution >= 4 is 11.5 Å². The molecule has 1 aromatic carbocycles. The lowest BCUT2D eigenvalue weighted by atomic mass is 10.1. The number of pyridine rings is 1. The van der Waals surface area contributed by atoms with Gasteiger partial charge in [0.15, 0.2) is 0 Å². The van der Waals surface area contributed by atoms with Crippen molar-refractivity contribution in [1.29, 1.82) is 0 Å². The summed E-state index contributed by atoms with van der Waals surface area (Å²) in [5.41, 5.74) is -1.30. The Labute approximate surface area is 121 Å². The molecule has 0 aliphatic carbocycles. The monoisotopic (exact) mass is 312 g/mol. The van der Waals surface area contributed by atoms with Gasteiger partial charge in [0.2, 0.25) is 5.78 Å². The first-order valence-electron chi connectivity index (χ1n) is 5.78. The minimum atomic E-state index is -4.97. The van der Waals surface area contributed by atoms with Crippen molar-refractivity contribution < 1.29 is 27.6 Å². The van der Waals surface area contributed by atoms with E-state index in [-0.39, 0.29) is 5.69 Å². The second-order valence-electron chi connectivity index (χ2n) is 4.03. The zero-order valence-electron chi connectivity index (χ0n) is 10.7. The van der Waals surface area contributed by atoms with Crippen LogP contribution in [0.15, 0.2) is 42.6 Å². The number of hydrogen-bond donors (Lipinski definition) is 0. The van der Waals surface area contributed by atoms with E-state index >= 15 is 0 Å². The van der Waals surface area contributed by atoms with Crippen molar-refractivity contribution in [2.24, 2.45) is 0 Å². The fourth-order valence-electron chi connectivity index (χ4n) is 1.69. The average Bonchev–Trinajstić information content (AvgIpc) is 2.45. The summed E-state index contributed by atoms with van der Waals surface area (Å²) >= 11 is 0. The molecule has 0 saturated heterocycles. The van der Waals surface area contributed by atoms with Crippen molar-refractivity contribution in [1.82, 2.24) is 4.98 Å². The predicted octanol–water partition coefficient (Wildman–Crippen LogP) is 3.12. The molecule has 2 aromatic rings. The number of nitro groups is 1. The summed E-state index contributed by atoms with van der Waals surface area (Å²) in [6, 6.07) is 6.50. The fourth-order valence-corrected chi connectivity index (χ4v) is 1.69. The van der Waals surface area contributed by atoms with Gasteiger partial charge < -0.3 is 4.74 Å². The Morgan fingerprint density at radius 1 is 1.23 bits per heavy atom. The zero-order chi connectivity index (χ0) is 16.3. The van der Waals surface area contributed by atoms with Crippen molar-refractivity contribution in [2.45, 2.75) is 6.36 Å². The second kappa shape index (κ2) is 5.80. The molecule has 0 aliphatic heterocycles. The van der Waals surface area contributed by atoms with E-state index in [0.29, 0.717) is 6.07 Å². The van der Waals surface area contributed by atoms with Crippen LogP contribution in [0.4, 0.5) is 18.9 Å². The van der Waals surface area contributed by atoms with Crippen LogP contribution in [0.2, 0.25) is 0 Å². The molecule has 2 rings (SSSR count). The number of nitrogens with zero attached hydrogens (tertiary/aromatic N) is 2. The number of alkyl halides is 3. The zero-order valence-corrected chi connectivity index (χ0v) is 10.7. The minimum absolute atomic E-state index is 0.130. The summed E-state index contributed by atoms with van der Waals surface area (Å²) in [5.74, 6) is -1.60. The molecular weight excluding hydrogens is 305 g/mol. The molecule has 0 aliphatic rings. The lowest BCUT2D eigenvalue weighted by Crippen LogP contribution is -2.17. The molecule has 9 heteroatoms. The van der Waals surface area contributed by atoms with Crippen molar-refractivity contribution in [3.63, 3.8) is 0 Å². The molecule has 1 aromatic heterocycles. The van der Waals surface area contributed by atoms with Crippen molar-refractivity contribution in [2.75, 3.05) is 0 Å². The maximum atomic E-state index is 12.2. The lowest BCUT2D eigenvalue weighted by molar-refractivity contribution is -0.385. The molecule has 0 fully saturated rings. The van der Waals surface area contributed by atoms with Gasteiger partial charge in [-0.05, 0) is 24.3 Å². The molecule has 0 N–H and O–H groups in total. The van der Waals surface area contributed by atoms with Crippen LogP contribution in [0.3, 0.4) is 0 Å². The third-order valence-electron chi connectivity index (χ3n) is 2.54. The van der Waals surface area contributed by atoms with Gasteiger partial charge in [-0.15, -0.1) is 13.2 Å². The molecule has 22 heavy (non-hydrogen) atoms. The molecule has 6 nitrogen and oxygen atoms in total. The van der Waals surface area contributed by atoms with Gasteiger partial charge in [-0.25, -0.2) is 0 Å². The number of aromatic nitrogens is 1. The van der Waals surface area contributed by atoms with Crippen molar-refractivity contribution in [3.8, 4) is 5.75 Å². The molecular formula is C13H7F3N2O4. The number of carbonyl (C=O) groups is 1. The quantitative estimate of drug-likeness (QED) is 0.492. The summed E-state index contributed by atoms with van der Waals surface area (Å²) < 4.78 is 40.3. The largest absolute Gasteiger partial charge is 0.573 e. The highest BCUT2D eigenvalue weighted by Crippen LogP contribution is 2.29. The van der Waals surface area contributed by atoms with Gasteiger partial charge >= 0.3 is 6.36 Å². The number of halogens is 3. The molecule has 114 valence electrons. The SMILES string of the molecule is O=C(c1ccccn1)c1cc(OC(F)(F)F)ccc1[N+](=O)[O-]. The van der Waals surface area contributed by atoms with Gasteiger partial charge in [-0.2, -0.15) is 0 Å².